The van der Waals surface area contributed by atoms with Crippen molar-refractivity contribution in [3.05, 3.63) is 54.1 Å². The Morgan fingerprint density at radius 3 is 2.59 bits per heavy atom. The molecule has 0 unspecified atom stereocenters. The molecule has 4 heteroatoms. The minimum atomic E-state index is -0.0462. The third-order valence-electron chi connectivity index (χ3n) is 5.87. The van der Waals surface area contributed by atoms with Crippen molar-refractivity contribution in [2.24, 2.45) is 5.92 Å². The Bertz CT molecular complexity index is 897. The summed E-state index contributed by atoms with van der Waals surface area (Å²) in [4.78, 5) is 28.4. The smallest absolute Gasteiger partial charge is 0.227 e. The highest BCUT2D eigenvalue weighted by molar-refractivity contribution is 5.94. The molecule has 0 saturated carbocycles. The lowest BCUT2D eigenvalue weighted by molar-refractivity contribution is -0.139. The molecule has 2 aromatic rings. The third kappa shape index (κ3) is 3.61. The first-order chi connectivity index (χ1) is 13.1. The van der Waals surface area contributed by atoms with Gasteiger partial charge in [-0.1, -0.05) is 48.5 Å². The van der Waals surface area contributed by atoms with Crippen molar-refractivity contribution in [2.45, 2.75) is 26.2 Å². The molecule has 140 valence electrons. The molecule has 1 atom stereocenters. The molecule has 4 nitrogen and oxygen atoms in total. The number of benzene rings is 2. The molecule has 4 rings (SSSR count). The van der Waals surface area contributed by atoms with E-state index in [0.717, 1.165) is 32.4 Å². The number of fused-ring (bicyclic) bond motifs is 1. The minimum absolute atomic E-state index is 0.0462. The SMILES string of the molecule is CC(=O)N1CCC[C@H](C(=O)N2CC=C(c3cccc4ccccc34)CC2)C1. The summed E-state index contributed by atoms with van der Waals surface area (Å²) in [5.41, 5.74) is 2.60. The van der Waals surface area contributed by atoms with Gasteiger partial charge in [0.15, 0.2) is 0 Å². The molecule has 1 fully saturated rings. The van der Waals surface area contributed by atoms with E-state index in [1.807, 2.05) is 9.80 Å². The fourth-order valence-corrected chi connectivity index (χ4v) is 4.34. The van der Waals surface area contributed by atoms with E-state index in [1.165, 1.54) is 21.9 Å². The maximum Gasteiger partial charge on any atom is 0.227 e. The lowest BCUT2D eigenvalue weighted by Crippen LogP contribution is -2.47. The van der Waals surface area contributed by atoms with Gasteiger partial charge in [0.25, 0.3) is 0 Å². The Morgan fingerprint density at radius 2 is 1.81 bits per heavy atom. The molecular weight excluding hydrogens is 336 g/mol. The van der Waals surface area contributed by atoms with Crippen LogP contribution in [0.25, 0.3) is 16.3 Å². The van der Waals surface area contributed by atoms with Crippen LogP contribution in [-0.2, 0) is 9.59 Å². The summed E-state index contributed by atoms with van der Waals surface area (Å²) in [6.07, 6.45) is 4.89. The van der Waals surface area contributed by atoms with Crippen LogP contribution in [0.4, 0.5) is 0 Å². The van der Waals surface area contributed by atoms with Crippen molar-refractivity contribution in [1.29, 1.82) is 0 Å². The predicted octanol–water partition coefficient (Wildman–Crippen LogP) is 3.71. The Kier molecular flexibility index (Phi) is 4.97. The molecule has 0 bridgehead atoms. The maximum absolute atomic E-state index is 12.9. The van der Waals surface area contributed by atoms with Crippen molar-refractivity contribution in [3.8, 4) is 0 Å². The molecule has 0 N–H and O–H groups in total. The Morgan fingerprint density at radius 1 is 1.00 bits per heavy atom. The van der Waals surface area contributed by atoms with Crippen LogP contribution in [0.5, 0.6) is 0 Å². The fraction of sp³-hybridized carbons (Fsp3) is 0.391. The quantitative estimate of drug-likeness (QED) is 0.817. The monoisotopic (exact) mass is 362 g/mol. The van der Waals surface area contributed by atoms with Gasteiger partial charge in [0.05, 0.1) is 5.92 Å². The summed E-state index contributed by atoms with van der Waals surface area (Å²) < 4.78 is 0. The normalized spacial score (nSPS) is 20.5. The summed E-state index contributed by atoms with van der Waals surface area (Å²) in [6.45, 7) is 4.36. The zero-order valence-electron chi connectivity index (χ0n) is 15.9. The molecule has 2 aliphatic rings. The van der Waals surface area contributed by atoms with Gasteiger partial charge >= 0.3 is 0 Å². The van der Waals surface area contributed by atoms with E-state index in [-0.39, 0.29) is 17.7 Å². The van der Waals surface area contributed by atoms with Gasteiger partial charge in [-0.2, -0.15) is 0 Å². The molecule has 2 aromatic carbocycles. The van der Waals surface area contributed by atoms with Gasteiger partial charge in [-0.25, -0.2) is 0 Å². The van der Waals surface area contributed by atoms with Crippen LogP contribution in [0.1, 0.15) is 31.7 Å². The van der Waals surface area contributed by atoms with Gasteiger partial charge in [-0.05, 0) is 41.2 Å². The fourth-order valence-electron chi connectivity index (χ4n) is 4.34. The molecule has 2 aliphatic heterocycles. The summed E-state index contributed by atoms with van der Waals surface area (Å²) >= 11 is 0. The van der Waals surface area contributed by atoms with Crippen LogP contribution >= 0.6 is 0 Å². The molecule has 0 radical (unpaired) electrons. The van der Waals surface area contributed by atoms with Crippen molar-refractivity contribution < 1.29 is 9.59 Å². The summed E-state index contributed by atoms with van der Waals surface area (Å²) in [5.74, 6) is 0.230. The van der Waals surface area contributed by atoms with Crippen LogP contribution < -0.4 is 0 Å². The third-order valence-corrected chi connectivity index (χ3v) is 5.87. The van der Waals surface area contributed by atoms with E-state index in [0.29, 0.717) is 13.1 Å². The van der Waals surface area contributed by atoms with Gasteiger partial charge in [0, 0.05) is 33.1 Å². The van der Waals surface area contributed by atoms with Crippen LogP contribution in [0.3, 0.4) is 0 Å². The topological polar surface area (TPSA) is 40.6 Å². The second-order valence-electron chi connectivity index (χ2n) is 7.59. The lowest BCUT2D eigenvalue weighted by Gasteiger charge is -2.35. The van der Waals surface area contributed by atoms with Crippen LogP contribution in [0.15, 0.2) is 48.5 Å². The molecular formula is C23H26N2O2. The highest BCUT2D eigenvalue weighted by atomic mass is 16.2. The van der Waals surface area contributed by atoms with E-state index < -0.39 is 0 Å². The molecule has 0 aromatic heterocycles. The lowest BCUT2D eigenvalue weighted by atomic mass is 9.92. The number of carbonyl (C=O) groups is 2. The Balaban J connectivity index is 1.48. The highest BCUT2D eigenvalue weighted by Crippen LogP contribution is 2.30. The molecule has 0 spiro atoms. The van der Waals surface area contributed by atoms with Crippen molar-refractivity contribution >= 4 is 28.2 Å². The minimum Gasteiger partial charge on any atom is -0.342 e. The molecule has 2 amide bonds. The number of hydrogen-bond acceptors (Lipinski definition) is 2. The standard InChI is InChI=1S/C23H26N2O2/c1-17(26)25-13-5-8-20(16-25)23(27)24-14-11-19(12-15-24)22-10-4-7-18-6-2-3-9-21(18)22/h2-4,6-7,9-11,20H,5,8,12-16H2,1H3/t20-/m0/s1. The van der Waals surface area contributed by atoms with Gasteiger partial charge in [-0.3, -0.25) is 9.59 Å². The first-order valence-electron chi connectivity index (χ1n) is 9.85. The van der Waals surface area contributed by atoms with E-state index in [1.54, 1.807) is 6.92 Å². The summed E-state index contributed by atoms with van der Waals surface area (Å²) in [5, 5.41) is 2.52. The van der Waals surface area contributed by atoms with E-state index >= 15 is 0 Å². The number of nitrogens with zero attached hydrogens (tertiary/aromatic N) is 2. The summed E-state index contributed by atoms with van der Waals surface area (Å²) in [6, 6.07) is 14.9. The molecule has 1 saturated heterocycles. The number of likely N-dealkylation sites (tertiary alicyclic amines) is 1. The first kappa shape index (κ1) is 17.8. The van der Waals surface area contributed by atoms with E-state index in [4.69, 9.17) is 0 Å². The van der Waals surface area contributed by atoms with E-state index in [9.17, 15) is 9.59 Å². The zero-order valence-corrected chi connectivity index (χ0v) is 15.9. The average molecular weight is 362 g/mol. The van der Waals surface area contributed by atoms with Crippen LogP contribution in [-0.4, -0.2) is 47.8 Å². The van der Waals surface area contributed by atoms with Gasteiger partial charge in [-0.15, -0.1) is 0 Å². The first-order valence-corrected chi connectivity index (χ1v) is 9.85. The molecule has 2 heterocycles. The maximum atomic E-state index is 12.9. The second kappa shape index (κ2) is 7.55. The van der Waals surface area contributed by atoms with Crippen LogP contribution in [0, 0.1) is 5.92 Å². The van der Waals surface area contributed by atoms with Crippen LogP contribution in [0.2, 0.25) is 0 Å². The number of carbonyl (C=O) groups excluding carboxylic acids is 2. The van der Waals surface area contributed by atoms with Crippen molar-refractivity contribution in [1.82, 2.24) is 9.80 Å². The molecule has 27 heavy (non-hydrogen) atoms. The van der Waals surface area contributed by atoms with Crippen molar-refractivity contribution in [3.63, 3.8) is 0 Å². The Hall–Kier alpha value is -2.62. The summed E-state index contributed by atoms with van der Waals surface area (Å²) in [7, 11) is 0. The molecule has 0 aliphatic carbocycles. The number of amides is 2. The highest BCUT2D eigenvalue weighted by Gasteiger charge is 2.30. The number of rotatable bonds is 2. The predicted molar refractivity (Wildman–Crippen MR) is 108 cm³/mol. The Labute approximate surface area is 160 Å². The number of hydrogen-bond donors (Lipinski definition) is 0. The van der Waals surface area contributed by atoms with Gasteiger partial charge < -0.3 is 9.80 Å². The number of piperidine rings is 1. The van der Waals surface area contributed by atoms with Gasteiger partial charge in [0.1, 0.15) is 0 Å². The largest absolute Gasteiger partial charge is 0.342 e. The zero-order chi connectivity index (χ0) is 18.8. The average Bonchev–Trinajstić information content (AvgIpc) is 2.73. The van der Waals surface area contributed by atoms with Crippen molar-refractivity contribution in [2.75, 3.05) is 26.2 Å². The second-order valence-corrected chi connectivity index (χ2v) is 7.59. The van der Waals surface area contributed by atoms with E-state index in [2.05, 4.69) is 48.5 Å². The van der Waals surface area contributed by atoms with Gasteiger partial charge in [0.2, 0.25) is 11.8 Å².